The monoisotopic (exact) mass is 462 g/mol. The summed E-state index contributed by atoms with van der Waals surface area (Å²) in [6.07, 6.45) is 2.06. The normalized spacial score (nSPS) is 14.4. The fourth-order valence-corrected chi connectivity index (χ4v) is 4.81. The SMILES string of the molecule is CCc1c(C#N)c(SCc2ccccc2)nc(N2CCC(NC(=O)C(C)(C)N)CC2)c1C#N. The molecular weight excluding hydrogens is 432 g/mol. The van der Waals surface area contributed by atoms with Crippen molar-refractivity contribution in [2.45, 2.75) is 62.4 Å². The van der Waals surface area contributed by atoms with Crippen molar-refractivity contribution in [1.29, 1.82) is 10.5 Å². The molecule has 0 saturated carbocycles. The van der Waals surface area contributed by atoms with Gasteiger partial charge in [0.25, 0.3) is 0 Å². The van der Waals surface area contributed by atoms with Gasteiger partial charge in [-0.3, -0.25) is 4.79 Å². The molecule has 7 nitrogen and oxygen atoms in total. The molecule has 0 aliphatic carbocycles. The molecule has 0 spiro atoms. The molecule has 2 aromatic rings. The van der Waals surface area contributed by atoms with Crippen LogP contribution in [0.5, 0.6) is 0 Å². The van der Waals surface area contributed by atoms with Crippen molar-refractivity contribution in [3.05, 3.63) is 52.6 Å². The first-order valence-electron chi connectivity index (χ1n) is 11.2. The van der Waals surface area contributed by atoms with Gasteiger partial charge in [0.05, 0.1) is 16.7 Å². The molecule has 172 valence electrons. The van der Waals surface area contributed by atoms with Crippen LogP contribution in [0, 0.1) is 22.7 Å². The first kappa shape index (κ1) is 24.6. The molecule has 33 heavy (non-hydrogen) atoms. The number of carbonyl (C=O) groups excluding carboxylic acids is 1. The van der Waals surface area contributed by atoms with E-state index in [0.29, 0.717) is 47.2 Å². The summed E-state index contributed by atoms with van der Waals surface area (Å²) < 4.78 is 0. The van der Waals surface area contributed by atoms with Gasteiger partial charge in [-0.2, -0.15) is 10.5 Å². The number of thioether (sulfide) groups is 1. The third kappa shape index (κ3) is 5.84. The number of nitrogens with zero attached hydrogens (tertiary/aromatic N) is 4. The van der Waals surface area contributed by atoms with E-state index >= 15 is 0 Å². The van der Waals surface area contributed by atoms with Crippen LogP contribution in [0.2, 0.25) is 0 Å². The lowest BCUT2D eigenvalue weighted by Crippen LogP contribution is -2.54. The highest BCUT2D eigenvalue weighted by Crippen LogP contribution is 2.34. The Hall–Kier alpha value is -3.07. The molecule has 1 amide bonds. The molecule has 8 heteroatoms. The number of amides is 1. The maximum atomic E-state index is 12.2. The van der Waals surface area contributed by atoms with Crippen molar-refractivity contribution in [2.75, 3.05) is 18.0 Å². The van der Waals surface area contributed by atoms with Gasteiger partial charge in [0.15, 0.2) is 0 Å². The van der Waals surface area contributed by atoms with Gasteiger partial charge < -0.3 is 16.0 Å². The number of nitriles is 2. The lowest BCUT2D eigenvalue weighted by molar-refractivity contribution is -0.126. The minimum Gasteiger partial charge on any atom is -0.355 e. The number of piperidine rings is 1. The summed E-state index contributed by atoms with van der Waals surface area (Å²) in [6.45, 7) is 6.67. The van der Waals surface area contributed by atoms with Gasteiger partial charge in [-0.15, -0.1) is 11.8 Å². The summed E-state index contributed by atoms with van der Waals surface area (Å²) in [7, 11) is 0. The molecule has 3 rings (SSSR count). The van der Waals surface area contributed by atoms with Crippen LogP contribution in [-0.2, 0) is 17.0 Å². The van der Waals surface area contributed by atoms with Crippen molar-refractivity contribution < 1.29 is 4.79 Å². The summed E-state index contributed by atoms with van der Waals surface area (Å²) in [4.78, 5) is 19.2. The molecule has 1 aromatic carbocycles. The van der Waals surface area contributed by atoms with Gasteiger partial charge in [0.2, 0.25) is 5.91 Å². The molecule has 1 fully saturated rings. The summed E-state index contributed by atoms with van der Waals surface area (Å²) in [5.74, 6) is 1.16. The molecule has 1 aliphatic heterocycles. The molecular formula is C25H30N6OS. The van der Waals surface area contributed by atoms with E-state index in [-0.39, 0.29) is 11.9 Å². The van der Waals surface area contributed by atoms with Crippen LogP contribution in [0.25, 0.3) is 0 Å². The predicted octanol–water partition coefficient (Wildman–Crippen LogP) is 3.50. The highest BCUT2D eigenvalue weighted by molar-refractivity contribution is 7.98. The van der Waals surface area contributed by atoms with Gasteiger partial charge in [-0.1, -0.05) is 37.3 Å². The fraction of sp³-hybridized carbons (Fsp3) is 0.440. The molecule has 1 aromatic heterocycles. The largest absolute Gasteiger partial charge is 0.355 e. The first-order chi connectivity index (χ1) is 15.8. The van der Waals surface area contributed by atoms with E-state index in [1.807, 2.05) is 37.3 Å². The zero-order valence-corrected chi connectivity index (χ0v) is 20.2. The smallest absolute Gasteiger partial charge is 0.239 e. The highest BCUT2D eigenvalue weighted by Gasteiger charge is 2.29. The zero-order valence-electron chi connectivity index (χ0n) is 19.4. The van der Waals surface area contributed by atoms with Crippen LogP contribution in [-0.4, -0.2) is 35.6 Å². The second-order valence-corrected chi connectivity index (χ2v) is 9.74. The second kappa shape index (κ2) is 10.7. The molecule has 0 bridgehead atoms. The molecule has 1 saturated heterocycles. The van der Waals surface area contributed by atoms with Crippen LogP contribution in [0.1, 0.15) is 55.9 Å². The third-order valence-corrected chi connectivity index (χ3v) is 6.81. The number of hydrogen-bond acceptors (Lipinski definition) is 7. The number of anilines is 1. The van der Waals surface area contributed by atoms with Crippen molar-refractivity contribution in [1.82, 2.24) is 10.3 Å². The Labute approximate surface area is 200 Å². The summed E-state index contributed by atoms with van der Waals surface area (Å²) in [5.41, 5.74) is 7.85. The fourth-order valence-electron chi connectivity index (χ4n) is 3.85. The quantitative estimate of drug-likeness (QED) is 0.604. The van der Waals surface area contributed by atoms with E-state index in [9.17, 15) is 15.3 Å². The second-order valence-electron chi connectivity index (χ2n) is 8.78. The Kier molecular flexibility index (Phi) is 7.97. The third-order valence-electron chi connectivity index (χ3n) is 5.76. The average Bonchev–Trinajstić information content (AvgIpc) is 2.82. The highest BCUT2D eigenvalue weighted by atomic mass is 32.2. The maximum absolute atomic E-state index is 12.2. The van der Waals surface area contributed by atoms with Crippen LogP contribution in [0.4, 0.5) is 5.82 Å². The molecule has 3 N–H and O–H groups in total. The number of nitrogens with two attached hydrogens (primary N) is 1. The van der Waals surface area contributed by atoms with Crippen LogP contribution < -0.4 is 16.0 Å². The Morgan fingerprint density at radius 1 is 1.21 bits per heavy atom. The lowest BCUT2D eigenvalue weighted by atomic mass is 9.99. The molecule has 2 heterocycles. The number of hydrogen-bond donors (Lipinski definition) is 2. The number of rotatable bonds is 7. The number of carbonyl (C=O) groups is 1. The predicted molar refractivity (Wildman–Crippen MR) is 131 cm³/mol. The first-order valence-corrected chi connectivity index (χ1v) is 12.2. The van der Waals surface area contributed by atoms with Crippen molar-refractivity contribution in [3.63, 3.8) is 0 Å². The van der Waals surface area contributed by atoms with E-state index in [1.54, 1.807) is 13.8 Å². The van der Waals surface area contributed by atoms with Crippen molar-refractivity contribution in [3.8, 4) is 12.1 Å². The van der Waals surface area contributed by atoms with E-state index in [1.165, 1.54) is 11.8 Å². The van der Waals surface area contributed by atoms with Crippen molar-refractivity contribution >= 4 is 23.5 Å². The van der Waals surface area contributed by atoms with Crippen LogP contribution in [0.3, 0.4) is 0 Å². The Morgan fingerprint density at radius 2 is 1.85 bits per heavy atom. The van der Waals surface area contributed by atoms with E-state index in [4.69, 9.17) is 10.7 Å². The lowest BCUT2D eigenvalue weighted by Gasteiger charge is -2.35. The topological polar surface area (TPSA) is 119 Å². The number of aromatic nitrogens is 1. The molecule has 0 unspecified atom stereocenters. The van der Waals surface area contributed by atoms with E-state index in [0.717, 1.165) is 24.0 Å². The summed E-state index contributed by atoms with van der Waals surface area (Å²) >= 11 is 1.52. The molecule has 0 radical (unpaired) electrons. The van der Waals surface area contributed by atoms with E-state index < -0.39 is 5.54 Å². The number of nitrogens with one attached hydrogen (secondary N) is 1. The van der Waals surface area contributed by atoms with Gasteiger partial charge >= 0.3 is 0 Å². The maximum Gasteiger partial charge on any atom is 0.239 e. The standard InChI is InChI=1S/C25H30N6OS/c1-4-19-20(14-26)22(31-12-10-18(11-13-31)29-24(32)25(2,3)28)30-23(21(19)15-27)33-16-17-8-6-5-7-9-17/h5-9,18H,4,10-13,16,28H2,1-3H3,(H,29,32). The van der Waals surface area contributed by atoms with Crippen LogP contribution >= 0.6 is 11.8 Å². The minimum absolute atomic E-state index is 0.0399. The van der Waals surface area contributed by atoms with Gasteiger partial charge in [0, 0.05) is 24.9 Å². The Bertz CT molecular complexity index is 1070. The minimum atomic E-state index is -0.916. The Morgan fingerprint density at radius 3 is 2.39 bits per heavy atom. The van der Waals surface area contributed by atoms with Gasteiger partial charge in [-0.05, 0) is 44.2 Å². The van der Waals surface area contributed by atoms with Crippen molar-refractivity contribution in [2.24, 2.45) is 5.73 Å². The molecule has 1 aliphatic rings. The summed E-state index contributed by atoms with van der Waals surface area (Å²) in [5, 5.41) is 23.5. The number of pyridine rings is 1. The van der Waals surface area contributed by atoms with Gasteiger partial charge in [-0.25, -0.2) is 4.98 Å². The van der Waals surface area contributed by atoms with Gasteiger partial charge in [0.1, 0.15) is 23.0 Å². The number of benzene rings is 1. The van der Waals surface area contributed by atoms with E-state index in [2.05, 4.69) is 22.4 Å². The average molecular weight is 463 g/mol. The summed E-state index contributed by atoms with van der Waals surface area (Å²) in [6, 6.07) is 14.7. The zero-order chi connectivity index (χ0) is 24.0. The van der Waals surface area contributed by atoms with Crippen LogP contribution in [0.15, 0.2) is 35.4 Å². The molecule has 0 atom stereocenters. The Balaban J connectivity index is 1.85.